The molecule has 0 aromatic heterocycles. The summed E-state index contributed by atoms with van der Waals surface area (Å²) < 4.78 is 16.5. The highest BCUT2D eigenvalue weighted by molar-refractivity contribution is 6.10. The van der Waals surface area contributed by atoms with Crippen molar-refractivity contribution in [2.45, 2.75) is 12.3 Å². The Kier molecular flexibility index (Phi) is 5.12. The summed E-state index contributed by atoms with van der Waals surface area (Å²) in [6.45, 7) is 0. The molecule has 0 aliphatic carbocycles. The smallest absolute Gasteiger partial charge is 0.239 e. The zero-order chi connectivity index (χ0) is 20.4. The van der Waals surface area contributed by atoms with E-state index in [1.54, 1.807) is 26.2 Å². The van der Waals surface area contributed by atoms with Gasteiger partial charge in [0.05, 0.1) is 32.9 Å². The van der Waals surface area contributed by atoms with E-state index in [1.165, 1.54) is 0 Å². The molecule has 1 amide bonds. The second-order valence-corrected chi connectivity index (χ2v) is 6.84. The van der Waals surface area contributed by atoms with Gasteiger partial charge in [-0.2, -0.15) is 0 Å². The Balaban J connectivity index is 1.78. The Morgan fingerprint density at radius 1 is 0.828 bits per heavy atom. The number of methoxy groups -OCH3 is 3. The molecule has 0 saturated heterocycles. The number of benzene rings is 3. The number of hydrogen-bond acceptors (Lipinski definition) is 4. The van der Waals surface area contributed by atoms with Crippen LogP contribution in [-0.2, 0) is 11.2 Å². The largest absolute Gasteiger partial charge is 0.496 e. The fourth-order valence-corrected chi connectivity index (χ4v) is 3.92. The van der Waals surface area contributed by atoms with E-state index in [2.05, 4.69) is 0 Å². The standard InChI is InChI=1S/C24H23NO4/c1-27-17-13-22(28-2)20(23(14-17)29-3)15-19-18-11-7-8-12-21(18)25(24(19)26)16-9-5-4-6-10-16/h4-14,19H,15H2,1-3H3/t19-/m1/s1. The number of nitrogens with zero attached hydrogens (tertiary/aromatic N) is 1. The molecule has 148 valence electrons. The molecule has 3 aromatic rings. The normalized spacial score (nSPS) is 15.2. The fraction of sp³-hybridized carbons (Fsp3) is 0.208. The van der Waals surface area contributed by atoms with Crippen LogP contribution in [0.3, 0.4) is 0 Å². The maximum absolute atomic E-state index is 13.5. The number of anilines is 2. The van der Waals surface area contributed by atoms with Crippen LogP contribution < -0.4 is 19.1 Å². The highest BCUT2D eigenvalue weighted by Gasteiger charge is 2.38. The first-order valence-corrected chi connectivity index (χ1v) is 9.44. The van der Waals surface area contributed by atoms with Gasteiger partial charge in [-0.05, 0) is 30.2 Å². The molecule has 5 nitrogen and oxygen atoms in total. The first-order chi connectivity index (χ1) is 14.2. The van der Waals surface area contributed by atoms with Gasteiger partial charge in [0.25, 0.3) is 0 Å². The van der Waals surface area contributed by atoms with E-state index in [9.17, 15) is 4.79 Å². The van der Waals surface area contributed by atoms with Crippen molar-refractivity contribution in [1.29, 1.82) is 0 Å². The molecule has 1 aliphatic rings. The molecule has 29 heavy (non-hydrogen) atoms. The van der Waals surface area contributed by atoms with Gasteiger partial charge in [-0.3, -0.25) is 9.69 Å². The number of hydrogen-bond donors (Lipinski definition) is 0. The third-order valence-electron chi connectivity index (χ3n) is 5.31. The van der Waals surface area contributed by atoms with Gasteiger partial charge in [0.15, 0.2) is 0 Å². The lowest BCUT2D eigenvalue weighted by atomic mass is 9.92. The average molecular weight is 389 g/mol. The van der Waals surface area contributed by atoms with Crippen molar-refractivity contribution in [3.8, 4) is 17.2 Å². The van der Waals surface area contributed by atoms with Crippen molar-refractivity contribution in [3.63, 3.8) is 0 Å². The van der Waals surface area contributed by atoms with Crippen LogP contribution in [0.1, 0.15) is 17.0 Å². The minimum atomic E-state index is -0.331. The van der Waals surface area contributed by atoms with Gasteiger partial charge in [0.2, 0.25) is 5.91 Å². The van der Waals surface area contributed by atoms with Crippen molar-refractivity contribution in [1.82, 2.24) is 0 Å². The van der Waals surface area contributed by atoms with Crippen molar-refractivity contribution < 1.29 is 19.0 Å². The number of fused-ring (bicyclic) bond motifs is 1. The van der Waals surface area contributed by atoms with Crippen LogP contribution in [0.15, 0.2) is 66.7 Å². The number of carbonyl (C=O) groups is 1. The highest BCUT2D eigenvalue weighted by atomic mass is 16.5. The summed E-state index contributed by atoms with van der Waals surface area (Å²) in [4.78, 5) is 15.3. The van der Waals surface area contributed by atoms with Crippen LogP contribution in [0.5, 0.6) is 17.2 Å². The van der Waals surface area contributed by atoms with E-state index in [-0.39, 0.29) is 11.8 Å². The highest BCUT2D eigenvalue weighted by Crippen LogP contribution is 2.45. The van der Waals surface area contributed by atoms with Gasteiger partial charge < -0.3 is 14.2 Å². The van der Waals surface area contributed by atoms with Gasteiger partial charge in [0.1, 0.15) is 17.2 Å². The van der Waals surface area contributed by atoms with Gasteiger partial charge in [0, 0.05) is 23.4 Å². The monoisotopic (exact) mass is 389 g/mol. The molecule has 0 N–H and O–H groups in total. The van der Waals surface area contributed by atoms with E-state index < -0.39 is 0 Å². The summed E-state index contributed by atoms with van der Waals surface area (Å²) in [6.07, 6.45) is 0.468. The van der Waals surface area contributed by atoms with E-state index >= 15 is 0 Å². The van der Waals surface area contributed by atoms with Crippen LogP contribution in [0.4, 0.5) is 11.4 Å². The Hall–Kier alpha value is -3.47. The summed E-state index contributed by atoms with van der Waals surface area (Å²) in [5.41, 5.74) is 3.63. The molecule has 0 spiro atoms. The molecule has 1 atom stereocenters. The number of carbonyl (C=O) groups excluding carboxylic acids is 1. The van der Waals surface area contributed by atoms with Gasteiger partial charge >= 0.3 is 0 Å². The number of para-hydroxylation sites is 2. The number of rotatable bonds is 6. The van der Waals surface area contributed by atoms with E-state index in [4.69, 9.17) is 14.2 Å². The Bertz CT molecular complexity index is 1010. The summed E-state index contributed by atoms with van der Waals surface area (Å²) >= 11 is 0. The molecule has 4 rings (SSSR count). The zero-order valence-corrected chi connectivity index (χ0v) is 16.7. The van der Waals surface area contributed by atoms with Crippen LogP contribution in [-0.4, -0.2) is 27.2 Å². The second kappa shape index (κ2) is 7.87. The van der Waals surface area contributed by atoms with Crippen LogP contribution in [0.25, 0.3) is 0 Å². The van der Waals surface area contributed by atoms with Crippen LogP contribution in [0.2, 0.25) is 0 Å². The van der Waals surface area contributed by atoms with Gasteiger partial charge in [-0.1, -0.05) is 36.4 Å². The lowest BCUT2D eigenvalue weighted by Crippen LogP contribution is -2.25. The molecule has 0 fully saturated rings. The fourth-order valence-electron chi connectivity index (χ4n) is 3.92. The van der Waals surface area contributed by atoms with E-state index in [0.29, 0.717) is 23.7 Å². The molecule has 0 radical (unpaired) electrons. The Labute approximate surface area is 170 Å². The van der Waals surface area contributed by atoms with Gasteiger partial charge in [-0.15, -0.1) is 0 Å². The maximum Gasteiger partial charge on any atom is 0.239 e. The first-order valence-electron chi connectivity index (χ1n) is 9.44. The van der Waals surface area contributed by atoms with Crippen LogP contribution >= 0.6 is 0 Å². The molecule has 3 aromatic carbocycles. The van der Waals surface area contributed by atoms with Crippen molar-refractivity contribution in [3.05, 3.63) is 77.9 Å². The lowest BCUT2D eigenvalue weighted by Gasteiger charge is -2.19. The third kappa shape index (κ3) is 3.29. The minimum absolute atomic E-state index is 0.0392. The summed E-state index contributed by atoms with van der Waals surface area (Å²) in [5.74, 6) is 1.64. The molecule has 1 heterocycles. The summed E-state index contributed by atoms with van der Waals surface area (Å²) in [6, 6.07) is 21.3. The topological polar surface area (TPSA) is 48.0 Å². The Morgan fingerprint density at radius 3 is 2.07 bits per heavy atom. The lowest BCUT2D eigenvalue weighted by molar-refractivity contribution is -0.118. The van der Waals surface area contributed by atoms with Crippen molar-refractivity contribution in [2.24, 2.45) is 0 Å². The molecule has 0 bridgehead atoms. The second-order valence-electron chi connectivity index (χ2n) is 6.84. The molecule has 0 unspecified atom stereocenters. The predicted octanol–water partition coefficient (Wildman–Crippen LogP) is 4.72. The molecular weight excluding hydrogens is 366 g/mol. The van der Waals surface area contributed by atoms with Crippen molar-refractivity contribution >= 4 is 17.3 Å². The first kappa shape index (κ1) is 18.9. The SMILES string of the molecule is COc1cc(OC)c(C[C@H]2C(=O)N(c3ccccc3)c3ccccc32)c(OC)c1. The zero-order valence-electron chi connectivity index (χ0n) is 16.7. The Morgan fingerprint density at radius 2 is 1.45 bits per heavy atom. The predicted molar refractivity (Wildman–Crippen MR) is 113 cm³/mol. The number of amides is 1. The van der Waals surface area contributed by atoms with Crippen molar-refractivity contribution in [2.75, 3.05) is 26.2 Å². The van der Waals surface area contributed by atoms with Gasteiger partial charge in [-0.25, -0.2) is 0 Å². The summed E-state index contributed by atoms with van der Waals surface area (Å²) in [5, 5.41) is 0. The molecular formula is C24H23NO4. The molecule has 5 heteroatoms. The average Bonchev–Trinajstić information content (AvgIpc) is 3.05. The number of ether oxygens (including phenoxy) is 3. The summed E-state index contributed by atoms with van der Waals surface area (Å²) in [7, 11) is 4.82. The quantitative estimate of drug-likeness (QED) is 0.612. The minimum Gasteiger partial charge on any atom is -0.496 e. The van der Waals surface area contributed by atoms with Crippen LogP contribution in [0, 0.1) is 0 Å². The third-order valence-corrected chi connectivity index (χ3v) is 5.31. The maximum atomic E-state index is 13.5. The van der Waals surface area contributed by atoms with E-state index in [0.717, 1.165) is 22.5 Å². The molecule has 0 saturated carbocycles. The molecule has 1 aliphatic heterocycles. The van der Waals surface area contributed by atoms with E-state index in [1.807, 2.05) is 66.7 Å².